The fraction of sp³-hybridized carbons (Fsp3) is 0.0833. The summed E-state index contributed by atoms with van der Waals surface area (Å²) >= 11 is 0. The van der Waals surface area contributed by atoms with Crippen LogP contribution in [0.15, 0.2) is 91.1 Å². The Hall–Kier alpha value is -3.66. The zero-order valence-corrected chi connectivity index (χ0v) is 15.2. The van der Waals surface area contributed by atoms with Crippen molar-refractivity contribution < 1.29 is 9.90 Å². The molecule has 4 nitrogen and oxygen atoms in total. The molecule has 2 N–H and O–H groups in total. The van der Waals surface area contributed by atoms with Gasteiger partial charge in [0.05, 0.1) is 12.5 Å². The van der Waals surface area contributed by atoms with Crippen molar-refractivity contribution in [2.24, 2.45) is 0 Å². The van der Waals surface area contributed by atoms with E-state index in [4.69, 9.17) is 0 Å². The predicted octanol–water partition coefficient (Wildman–Crippen LogP) is 4.39. The molecule has 1 atom stereocenters. The summed E-state index contributed by atoms with van der Waals surface area (Å²) in [4.78, 5) is 17.0. The van der Waals surface area contributed by atoms with Gasteiger partial charge in [0.25, 0.3) is 0 Å². The summed E-state index contributed by atoms with van der Waals surface area (Å²) in [6.07, 6.45) is 1.92. The van der Waals surface area contributed by atoms with Crippen molar-refractivity contribution in [1.29, 1.82) is 0 Å². The fourth-order valence-corrected chi connectivity index (χ4v) is 3.36. The molecule has 0 spiro atoms. The Kier molecular flexibility index (Phi) is 5.02. The number of phenolic OH excluding ortho intramolecular Hbond substituents is 1. The maximum absolute atomic E-state index is 12.7. The first-order valence-electron chi connectivity index (χ1n) is 9.17. The number of pyridine rings is 1. The van der Waals surface area contributed by atoms with Gasteiger partial charge in [-0.2, -0.15) is 0 Å². The first-order chi connectivity index (χ1) is 13.7. The second-order valence-corrected chi connectivity index (χ2v) is 6.65. The number of fused-ring (bicyclic) bond motifs is 1. The number of nitrogens with zero attached hydrogens (tertiary/aromatic N) is 1. The van der Waals surface area contributed by atoms with Crippen LogP contribution < -0.4 is 5.32 Å². The summed E-state index contributed by atoms with van der Waals surface area (Å²) in [5, 5.41) is 14.8. The molecule has 0 saturated heterocycles. The van der Waals surface area contributed by atoms with Gasteiger partial charge in [0.1, 0.15) is 11.3 Å². The molecule has 3 aromatic carbocycles. The number of phenols is 1. The van der Waals surface area contributed by atoms with Gasteiger partial charge < -0.3 is 10.4 Å². The molecule has 0 radical (unpaired) electrons. The van der Waals surface area contributed by atoms with E-state index in [0.29, 0.717) is 11.1 Å². The standard InChI is InChI=1S/C24H20N2O2/c27-21(16-17-8-3-1-4-9-17)26-22(18-10-5-2-6-11-18)20-14-13-19-12-7-15-25-23(19)24(20)28/h1-15,22,28H,16H2,(H,26,27)/t22-/m1/s1. The smallest absolute Gasteiger partial charge is 0.225 e. The quantitative estimate of drug-likeness (QED) is 0.549. The first-order valence-corrected chi connectivity index (χ1v) is 9.17. The topological polar surface area (TPSA) is 62.2 Å². The number of aromatic hydroxyl groups is 1. The Bertz CT molecular complexity index is 1100. The molecular weight excluding hydrogens is 348 g/mol. The predicted molar refractivity (Wildman–Crippen MR) is 110 cm³/mol. The second kappa shape index (κ2) is 7.92. The van der Waals surface area contributed by atoms with Crippen LogP contribution in [0.1, 0.15) is 22.7 Å². The van der Waals surface area contributed by atoms with Gasteiger partial charge in [0, 0.05) is 17.1 Å². The minimum atomic E-state index is -0.469. The summed E-state index contributed by atoms with van der Waals surface area (Å²) in [6.45, 7) is 0. The van der Waals surface area contributed by atoms with Crippen molar-refractivity contribution in [3.8, 4) is 5.75 Å². The van der Waals surface area contributed by atoms with Crippen molar-refractivity contribution >= 4 is 16.8 Å². The van der Waals surface area contributed by atoms with E-state index in [1.807, 2.05) is 84.9 Å². The third-order valence-electron chi connectivity index (χ3n) is 4.74. The molecule has 4 rings (SSSR count). The van der Waals surface area contributed by atoms with Crippen LogP contribution in [-0.4, -0.2) is 16.0 Å². The van der Waals surface area contributed by atoms with Gasteiger partial charge in [0.15, 0.2) is 0 Å². The van der Waals surface area contributed by atoms with Gasteiger partial charge in [-0.3, -0.25) is 9.78 Å². The molecule has 4 aromatic rings. The number of rotatable bonds is 5. The lowest BCUT2D eigenvalue weighted by Crippen LogP contribution is -2.30. The molecule has 0 bridgehead atoms. The Labute approximate surface area is 163 Å². The number of nitrogens with one attached hydrogen (secondary N) is 1. The molecule has 28 heavy (non-hydrogen) atoms. The van der Waals surface area contributed by atoms with Gasteiger partial charge in [0.2, 0.25) is 5.91 Å². The van der Waals surface area contributed by atoms with Crippen LogP contribution in [0.25, 0.3) is 10.9 Å². The normalized spacial score (nSPS) is 11.9. The molecule has 1 heterocycles. The van der Waals surface area contributed by atoms with Crippen LogP contribution in [0.2, 0.25) is 0 Å². The van der Waals surface area contributed by atoms with E-state index < -0.39 is 6.04 Å². The van der Waals surface area contributed by atoms with Gasteiger partial charge >= 0.3 is 0 Å². The van der Waals surface area contributed by atoms with Crippen LogP contribution in [0.4, 0.5) is 0 Å². The Balaban J connectivity index is 1.71. The lowest BCUT2D eigenvalue weighted by atomic mass is 9.96. The molecule has 1 amide bonds. The average molecular weight is 368 g/mol. The highest BCUT2D eigenvalue weighted by molar-refractivity contribution is 5.86. The molecule has 0 saturated carbocycles. The van der Waals surface area contributed by atoms with Crippen LogP contribution in [0, 0.1) is 0 Å². The number of hydrogen-bond donors (Lipinski definition) is 2. The van der Waals surface area contributed by atoms with Crippen LogP contribution in [-0.2, 0) is 11.2 Å². The molecule has 0 aliphatic heterocycles. The molecule has 0 aliphatic carbocycles. The van der Waals surface area contributed by atoms with Gasteiger partial charge in [-0.05, 0) is 17.2 Å². The van der Waals surface area contributed by atoms with E-state index in [2.05, 4.69) is 10.3 Å². The third kappa shape index (κ3) is 3.71. The summed E-state index contributed by atoms with van der Waals surface area (Å²) in [5.41, 5.74) is 2.99. The maximum atomic E-state index is 12.7. The highest BCUT2D eigenvalue weighted by atomic mass is 16.3. The van der Waals surface area contributed by atoms with E-state index in [9.17, 15) is 9.90 Å². The fourth-order valence-electron chi connectivity index (χ4n) is 3.36. The van der Waals surface area contributed by atoms with Crippen molar-refractivity contribution in [3.63, 3.8) is 0 Å². The van der Waals surface area contributed by atoms with Crippen LogP contribution in [0.3, 0.4) is 0 Å². The van der Waals surface area contributed by atoms with E-state index in [1.54, 1.807) is 6.20 Å². The largest absolute Gasteiger partial charge is 0.505 e. The molecular formula is C24H20N2O2. The highest BCUT2D eigenvalue weighted by Gasteiger charge is 2.21. The third-order valence-corrected chi connectivity index (χ3v) is 4.74. The van der Waals surface area contributed by atoms with Gasteiger partial charge in [-0.15, -0.1) is 0 Å². The Morgan fingerprint density at radius 2 is 1.61 bits per heavy atom. The van der Waals surface area contributed by atoms with E-state index in [0.717, 1.165) is 16.5 Å². The molecule has 138 valence electrons. The van der Waals surface area contributed by atoms with Gasteiger partial charge in [-0.1, -0.05) is 78.9 Å². The molecule has 1 aromatic heterocycles. The number of carbonyl (C=O) groups is 1. The Morgan fingerprint density at radius 3 is 2.36 bits per heavy atom. The first kappa shape index (κ1) is 17.7. The molecule has 0 unspecified atom stereocenters. The highest BCUT2D eigenvalue weighted by Crippen LogP contribution is 2.34. The lowest BCUT2D eigenvalue weighted by Gasteiger charge is -2.21. The molecule has 0 aliphatic rings. The monoisotopic (exact) mass is 368 g/mol. The lowest BCUT2D eigenvalue weighted by molar-refractivity contribution is -0.120. The number of carbonyl (C=O) groups excluding carboxylic acids is 1. The van der Waals surface area contributed by atoms with Crippen molar-refractivity contribution in [3.05, 3.63) is 108 Å². The molecule has 0 fully saturated rings. The van der Waals surface area contributed by atoms with Gasteiger partial charge in [-0.25, -0.2) is 0 Å². The van der Waals surface area contributed by atoms with Crippen LogP contribution >= 0.6 is 0 Å². The zero-order chi connectivity index (χ0) is 19.3. The van der Waals surface area contributed by atoms with Crippen molar-refractivity contribution in [2.75, 3.05) is 0 Å². The maximum Gasteiger partial charge on any atom is 0.225 e. The van der Waals surface area contributed by atoms with Crippen molar-refractivity contribution in [1.82, 2.24) is 10.3 Å². The van der Waals surface area contributed by atoms with E-state index >= 15 is 0 Å². The number of aromatic nitrogens is 1. The van der Waals surface area contributed by atoms with E-state index in [1.165, 1.54) is 0 Å². The summed E-state index contributed by atoms with van der Waals surface area (Å²) in [7, 11) is 0. The number of benzene rings is 3. The summed E-state index contributed by atoms with van der Waals surface area (Å²) in [6, 6.07) is 26.3. The Morgan fingerprint density at radius 1 is 0.893 bits per heavy atom. The summed E-state index contributed by atoms with van der Waals surface area (Å²) < 4.78 is 0. The SMILES string of the molecule is O=C(Cc1ccccc1)N[C@H](c1ccccc1)c1ccc2cccnc2c1O. The average Bonchev–Trinajstić information content (AvgIpc) is 2.74. The second-order valence-electron chi connectivity index (χ2n) is 6.65. The minimum absolute atomic E-state index is 0.0898. The van der Waals surface area contributed by atoms with Crippen LogP contribution in [0.5, 0.6) is 5.75 Å². The molecule has 4 heteroatoms. The van der Waals surface area contributed by atoms with Crippen molar-refractivity contribution in [2.45, 2.75) is 12.5 Å². The minimum Gasteiger partial charge on any atom is -0.505 e. The van der Waals surface area contributed by atoms with E-state index in [-0.39, 0.29) is 18.1 Å². The zero-order valence-electron chi connectivity index (χ0n) is 15.2. The number of hydrogen-bond acceptors (Lipinski definition) is 3. The summed E-state index contributed by atoms with van der Waals surface area (Å²) in [5.74, 6) is -0.0208. The number of amides is 1.